The number of para-hydroxylation sites is 1. The van der Waals surface area contributed by atoms with E-state index in [4.69, 9.17) is 16.3 Å². The molecule has 0 aliphatic heterocycles. The second-order valence-electron chi connectivity index (χ2n) is 6.56. The Morgan fingerprint density at radius 2 is 2.21 bits per heavy atom. The molecule has 2 aromatic rings. The van der Waals surface area contributed by atoms with Crippen molar-refractivity contribution < 1.29 is 9.53 Å². The number of nitrogens with one attached hydrogen (secondary N) is 1. The Bertz CT molecular complexity index is 973. The maximum absolute atomic E-state index is 12.6. The number of benzene rings is 1. The predicted molar refractivity (Wildman–Crippen MR) is 111 cm³/mol. The number of allylic oxidation sites excluding steroid dienone is 2. The van der Waals surface area contributed by atoms with Gasteiger partial charge >= 0.3 is 0 Å². The lowest BCUT2D eigenvalue weighted by molar-refractivity contribution is -0.116. The van der Waals surface area contributed by atoms with Gasteiger partial charge < -0.3 is 10.1 Å². The van der Waals surface area contributed by atoms with Crippen LogP contribution in [0, 0.1) is 5.92 Å². The number of Topliss-reactive ketones (excluding diaryl/α,β-unsaturated/α-hetero) is 1. The molecule has 0 radical (unpaired) electrons. The monoisotopic (exact) mass is 399 g/mol. The fourth-order valence-electron chi connectivity index (χ4n) is 2.83. The fraction of sp³-hybridized carbons (Fsp3) is 0.300. The molecule has 1 aromatic carbocycles. The molecule has 0 spiro atoms. The van der Waals surface area contributed by atoms with Crippen LogP contribution in [0.25, 0.3) is 11.4 Å². The summed E-state index contributed by atoms with van der Waals surface area (Å²) in [5.74, 6) is 1.30. The van der Waals surface area contributed by atoms with Crippen molar-refractivity contribution in [3.8, 4) is 17.1 Å². The van der Waals surface area contributed by atoms with Gasteiger partial charge in [0.15, 0.2) is 17.4 Å². The van der Waals surface area contributed by atoms with Gasteiger partial charge in [-0.3, -0.25) is 14.5 Å². The number of aromatic nitrogens is 3. The summed E-state index contributed by atoms with van der Waals surface area (Å²) < 4.78 is 7.25. The number of halogens is 1. The molecule has 0 saturated heterocycles. The first-order valence-electron chi connectivity index (χ1n) is 8.83. The molecular weight excluding hydrogens is 378 g/mol. The van der Waals surface area contributed by atoms with Gasteiger partial charge in [-0.25, -0.2) is 4.98 Å². The van der Waals surface area contributed by atoms with Crippen LogP contribution in [0.15, 0.2) is 52.0 Å². The molecule has 1 saturated carbocycles. The SMILES string of the molecule is C=N/C(Cl)=C\C(Nc1cccc(-c2ncn(C)n2)c1OC)=C(/C)C(=O)C1CC1. The van der Waals surface area contributed by atoms with E-state index >= 15 is 0 Å². The van der Waals surface area contributed by atoms with Gasteiger partial charge in [0.05, 0.1) is 18.4 Å². The number of aliphatic imine (C=N–C) groups is 1. The number of ketones is 1. The minimum atomic E-state index is 0.0895. The average molecular weight is 400 g/mol. The van der Waals surface area contributed by atoms with Gasteiger partial charge in [-0.1, -0.05) is 17.7 Å². The average Bonchev–Trinajstić information content (AvgIpc) is 3.46. The Hall–Kier alpha value is -2.93. The highest BCUT2D eigenvalue weighted by Crippen LogP contribution is 2.37. The molecule has 1 aliphatic carbocycles. The number of aryl methyl sites for hydroxylation is 1. The van der Waals surface area contributed by atoms with Gasteiger partial charge in [0.1, 0.15) is 11.5 Å². The molecular formula is C20H22ClN5O2. The van der Waals surface area contributed by atoms with E-state index in [0.717, 1.165) is 18.4 Å². The molecule has 0 amide bonds. The fourth-order valence-corrected chi connectivity index (χ4v) is 2.94. The molecule has 1 heterocycles. The molecule has 1 aliphatic rings. The van der Waals surface area contributed by atoms with E-state index in [9.17, 15) is 4.79 Å². The quantitative estimate of drug-likeness (QED) is 0.314. The topological polar surface area (TPSA) is 81.4 Å². The first-order valence-corrected chi connectivity index (χ1v) is 9.21. The first-order chi connectivity index (χ1) is 13.4. The second-order valence-corrected chi connectivity index (χ2v) is 6.94. The standard InChI is InChI=1S/C20H22ClN5O2/c1-12(18(27)13-8-9-13)16(10-17(21)22-2)24-15-7-5-6-14(19(15)28-4)20-23-11-26(3)25-20/h5-7,10-11,13,24H,2,8-9H2,1,3-4H3/b16-12-,17-10-. The third-order valence-corrected chi connectivity index (χ3v) is 4.69. The van der Waals surface area contributed by atoms with Gasteiger partial charge in [0, 0.05) is 24.2 Å². The van der Waals surface area contributed by atoms with Crippen molar-refractivity contribution in [1.29, 1.82) is 0 Å². The van der Waals surface area contributed by atoms with Crippen LogP contribution in [0.2, 0.25) is 0 Å². The molecule has 0 unspecified atom stereocenters. The van der Waals surface area contributed by atoms with E-state index in [1.54, 1.807) is 38.2 Å². The summed E-state index contributed by atoms with van der Waals surface area (Å²) in [6.07, 6.45) is 5.06. The molecule has 0 bridgehead atoms. The summed E-state index contributed by atoms with van der Waals surface area (Å²) in [6, 6.07) is 5.59. The number of rotatable bonds is 8. The van der Waals surface area contributed by atoms with Gasteiger partial charge in [-0.15, -0.1) is 0 Å². The van der Waals surface area contributed by atoms with Crippen molar-refractivity contribution >= 4 is 29.8 Å². The Kier molecular flexibility index (Phi) is 5.94. The number of ether oxygens (including phenoxy) is 1. The summed E-state index contributed by atoms with van der Waals surface area (Å²) in [5.41, 5.74) is 2.54. The van der Waals surface area contributed by atoms with Crippen molar-refractivity contribution in [3.05, 3.63) is 47.0 Å². The lowest BCUT2D eigenvalue weighted by Crippen LogP contribution is -2.10. The van der Waals surface area contributed by atoms with Crippen LogP contribution in [0.5, 0.6) is 5.75 Å². The van der Waals surface area contributed by atoms with Crippen molar-refractivity contribution in [3.63, 3.8) is 0 Å². The van der Waals surface area contributed by atoms with Crippen LogP contribution >= 0.6 is 11.6 Å². The summed E-state index contributed by atoms with van der Waals surface area (Å²) in [5, 5.41) is 7.80. The van der Waals surface area contributed by atoms with E-state index < -0.39 is 0 Å². The van der Waals surface area contributed by atoms with Crippen LogP contribution < -0.4 is 10.1 Å². The van der Waals surface area contributed by atoms with Gasteiger partial charge in [0.25, 0.3) is 0 Å². The summed E-state index contributed by atoms with van der Waals surface area (Å²) in [4.78, 5) is 20.6. The summed E-state index contributed by atoms with van der Waals surface area (Å²) >= 11 is 6.07. The van der Waals surface area contributed by atoms with Crippen LogP contribution in [0.1, 0.15) is 19.8 Å². The molecule has 8 heteroatoms. The zero-order chi connectivity index (χ0) is 20.3. The Labute approximate surface area is 168 Å². The molecule has 1 N–H and O–H groups in total. The van der Waals surface area contributed by atoms with E-state index in [-0.39, 0.29) is 16.9 Å². The largest absolute Gasteiger partial charge is 0.494 e. The molecule has 146 valence electrons. The second kappa shape index (κ2) is 8.39. The molecule has 1 fully saturated rings. The molecule has 7 nitrogen and oxygen atoms in total. The zero-order valence-electron chi connectivity index (χ0n) is 16.1. The third kappa shape index (κ3) is 4.31. The van der Waals surface area contributed by atoms with Crippen molar-refractivity contribution in [1.82, 2.24) is 14.8 Å². The van der Waals surface area contributed by atoms with Crippen molar-refractivity contribution in [2.75, 3.05) is 12.4 Å². The smallest absolute Gasteiger partial charge is 0.184 e. The third-order valence-electron chi connectivity index (χ3n) is 4.47. The number of anilines is 1. The molecule has 28 heavy (non-hydrogen) atoms. The maximum atomic E-state index is 12.6. The molecule has 0 atom stereocenters. The summed E-state index contributed by atoms with van der Waals surface area (Å²) in [6.45, 7) is 5.21. The lowest BCUT2D eigenvalue weighted by atomic mass is 10.1. The number of carbonyl (C=O) groups excluding carboxylic acids is 1. The maximum Gasteiger partial charge on any atom is 0.184 e. The van der Waals surface area contributed by atoms with Crippen molar-refractivity contribution in [2.24, 2.45) is 18.0 Å². The Morgan fingerprint density at radius 1 is 1.46 bits per heavy atom. The van der Waals surface area contributed by atoms with Gasteiger partial charge in [-0.2, -0.15) is 5.10 Å². The molecule has 3 rings (SSSR count). The number of methoxy groups -OCH3 is 1. The van der Waals surface area contributed by atoms with Crippen LogP contribution in [-0.2, 0) is 11.8 Å². The number of hydrogen-bond acceptors (Lipinski definition) is 6. The van der Waals surface area contributed by atoms with Gasteiger partial charge in [-0.05, 0) is 44.7 Å². The highest BCUT2D eigenvalue weighted by molar-refractivity contribution is 6.29. The molecule has 1 aromatic heterocycles. The normalized spacial score (nSPS) is 15.1. The van der Waals surface area contributed by atoms with E-state index in [1.807, 2.05) is 18.2 Å². The van der Waals surface area contributed by atoms with E-state index in [2.05, 4.69) is 27.1 Å². The van der Waals surface area contributed by atoms with Crippen LogP contribution in [0.4, 0.5) is 5.69 Å². The minimum absolute atomic E-state index is 0.0895. The number of carbonyl (C=O) groups is 1. The van der Waals surface area contributed by atoms with Crippen LogP contribution in [-0.4, -0.2) is 34.4 Å². The Balaban J connectivity index is 2.04. The minimum Gasteiger partial charge on any atom is -0.494 e. The lowest BCUT2D eigenvalue weighted by Gasteiger charge is -2.16. The zero-order valence-corrected chi connectivity index (χ0v) is 16.8. The van der Waals surface area contributed by atoms with Crippen molar-refractivity contribution in [2.45, 2.75) is 19.8 Å². The van der Waals surface area contributed by atoms with Gasteiger partial charge in [0.2, 0.25) is 0 Å². The van der Waals surface area contributed by atoms with E-state index in [1.165, 1.54) is 0 Å². The number of nitrogens with zero attached hydrogens (tertiary/aromatic N) is 4. The predicted octanol–water partition coefficient (Wildman–Crippen LogP) is 3.94. The number of hydrogen-bond donors (Lipinski definition) is 1. The highest BCUT2D eigenvalue weighted by atomic mass is 35.5. The highest BCUT2D eigenvalue weighted by Gasteiger charge is 2.31. The van der Waals surface area contributed by atoms with Crippen LogP contribution in [0.3, 0.4) is 0 Å². The first kappa shape index (κ1) is 19.8. The van der Waals surface area contributed by atoms with E-state index in [0.29, 0.717) is 28.5 Å². The Morgan fingerprint density at radius 3 is 2.79 bits per heavy atom. The summed E-state index contributed by atoms with van der Waals surface area (Å²) in [7, 11) is 3.38.